The smallest absolute Gasteiger partial charge is 0.177 e. The topological polar surface area (TPSA) is 78.5 Å². The van der Waals surface area contributed by atoms with Crippen molar-refractivity contribution in [1.29, 1.82) is 0 Å². The molecular weight excluding hydrogens is 300 g/mol. The molecule has 0 spiro atoms. The van der Waals surface area contributed by atoms with E-state index in [1.54, 1.807) is 11.3 Å². The van der Waals surface area contributed by atoms with Crippen LogP contribution in [0.5, 0.6) is 0 Å². The fourth-order valence-corrected chi connectivity index (χ4v) is 2.73. The second-order valence-electron chi connectivity index (χ2n) is 5.14. The largest absolute Gasteiger partial charge is 0.394 e. The van der Waals surface area contributed by atoms with Gasteiger partial charge in [-0.25, -0.2) is 0 Å². The van der Waals surface area contributed by atoms with Crippen LogP contribution in [0.3, 0.4) is 0 Å². The van der Waals surface area contributed by atoms with Crippen LogP contribution >= 0.6 is 11.3 Å². The molecule has 1 atom stereocenters. The van der Waals surface area contributed by atoms with Crippen molar-refractivity contribution in [2.75, 3.05) is 13.2 Å². The van der Waals surface area contributed by atoms with Crippen molar-refractivity contribution < 1.29 is 14.7 Å². The maximum Gasteiger partial charge on any atom is 0.177 e. The van der Waals surface area contributed by atoms with Crippen LogP contribution < -0.4 is 5.32 Å². The van der Waals surface area contributed by atoms with E-state index in [1.165, 1.54) is 0 Å². The fourth-order valence-electron chi connectivity index (χ4n) is 2.06. The molecule has 3 N–H and O–H groups in total. The van der Waals surface area contributed by atoms with Gasteiger partial charge >= 0.3 is 0 Å². The minimum absolute atomic E-state index is 0.159. The summed E-state index contributed by atoms with van der Waals surface area (Å²) in [7, 11) is 0. The van der Waals surface area contributed by atoms with E-state index in [1.807, 2.05) is 23.6 Å². The third-order valence-electron chi connectivity index (χ3n) is 3.35. The summed E-state index contributed by atoms with van der Waals surface area (Å²) in [6.45, 7) is 4.62. The zero-order chi connectivity index (χ0) is 15.8. The summed E-state index contributed by atoms with van der Waals surface area (Å²) in [5.41, 5.74) is 1.47. The van der Waals surface area contributed by atoms with Gasteiger partial charge in [-0.15, -0.1) is 11.3 Å². The number of aromatic nitrogens is 1. The number of hydrogen-bond donors (Lipinski definition) is 3. The zero-order valence-electron chi connectivity index (χ0n) is 12.5. The van der Waals surface area contributed by atoms with Gasteiger partial charge in [0.05, 0.1) is 23.3 Å². The van der Waals surface area contributed by atoms with Crippen LogP contribution in [0.4, 0.5) is 0 Å². The van der Waals surface area contributed by atoms with E-state index in [4.69, 9.17) is 9.63 Å². The second kappa shape index (κ2) is 8.73. The summed E-state index contributed by atoms with van der Waals surface area (Å²) < 4.78 is 5.32. The highest BCUT2D eigenvalue weighted by atomic mass is 32.1. The molecule has 0 aliphatic carbocycles. The van der Waals surface area contributed by atoms with Crippen molar-refractivity contribution in [2.24, 2.45) is 0 Å². The van der Waals surface area contributed by atoms with Crippen LogP contribution in [0.15, 0.2) is 34.7 Å². The van der Waals surface area contributed by atoms with Crippen molar-refractivity contribution >= 4 is 17.0 Å². The molecule has 5 nitrogen and oxygen atoms in total. The normalized spacial score (nSPS) is 12.3. The highest BCUT2D eigenvalue weighted by Crippen LogP contribution is 2.26. The van der Waals surface area contributed by atoms with Gasteiger partial charge in [-0.3, -0.25) is 0 Å². The molecule has 2 heterocycles. The van der Waals surface area contributed by atoms with Crippen LogP contribution in [0, 0.1) is 0 Å². The number of nitrogens with one attached hydrogen (secondary N) is 1. The molecule has 22 heavy (non-hydrogen) atoms. The first kappa shape index (κ1) is 16.7. The molecule has 0 aliphatic rings. The van der Waals surface area contributed by atoms with Crippen molar-refractivity contribution in [1.82, 2.24) is 10.5 Å². The van der Waals surface area contributed by atoms with E-state index in [2.05, 4.69) is 17.1 Å². The van der Waals surface area contributed by atoms with E-state index in [0.717, 1.165) is 47.8 Å². The molecule has 2 aromatic heterocycles. The van der Waals surface area contributed by atoms with Crippen LogP contribution in [0.1, 0.15) is 31.4 Å². The molecule has 2 aromatic rings. The average molecular weight is 322 g/mol. The molecule has 2 rings (SSSR count). The molecule has 0 saturated carbocycles. The Hall–Kier alpha value is -1.63. The third kappa shape index (κ3) is 4.98. The standard InChI is InChI=1S/C16H22N2O3S/c1-12(17-8-4-2-3-6-13(20)11-19)14-10-15(21-18-14)16-7-5-9-22-16/h5,7,9-10,13,17,19-20H,1-4,6,8,11H2. The number of hydrogen-bond acceptors (Lipinski definition) is 6. The lowest BCUT2D eigenvalue weighted by Crippen LogP contribution is -2.14. The first-order valence-corrected chi connectivity index (χ1v) is 8.31. The molecule has 0 aromatic carbocycles. The Morgan fingerprint density at radius 2 is 2.27 bits per heavy atom. The quantitative estimate of drug-likeness (QED) is 0.586. The molecule has 0 fully saturated rings. The number of unbranched alkanes of at least 4 members (excludes halogenated alkanes) is 2. The Morgan fingerprint density at radius 1 is 1.41 bits per heavy atom. The summed E-state index contributed by atoms with van der Waals surface area (Å²) >= 11 is 1.61. The predicted octanol–water partition coefficient (Wildman–Crippen LogP) is 2.88. The Morgan fingerprint density at radius 3 is 3.00 bits per heavy atom. The van der Waals surface area contributed by atoms with Crippen LogP contribution in [-0.4, -0.2) is 34.6 Å². The summed E-state index contributed by atoms with van der Waals surface area (Å²) in [5, 5.41) is 27.2. The van der Waals surface area contributed by atoms with Crippen LogP contribution in [0.2, 0.25) is 0 Å². The minimum atomic E-state index is -0.589. The molecule has 0 saturated heterocycles. The van der Waals surface area contributed by atoms with Gasteiger partial charge in [-0.1, -0.05) is 30.6 Å². The SMILES string of the molecule is C=C(NCCCCCC(O)CO)c1cc(-c2cccs2)on1. The molecule has 6 heteroatoms. The van der Waals surface area contributed by atoms with E-state index >= 15 is 0 Å². The van der Waals surface area contributed by atoms with Gasteiger partial charge in [-0.05, 0) is 24.3 Å². The summed E-state index contributed by atoms with van der Waals surface area (Å²) in [5.74, 6) is 0.756. The van der Waals surface area contributed by atoms with Gasteiger partial charge in [0, 0.05) is 12.6 Å². The Balaban J connectivity index is 1.67. The second-order valence-corrected chi connectivity index (χ2v) is 6.09. The number of rotatable bonds is 10. The van der Waals surface area contributed by atoms with Crippen molar-refractivity contribution in [2.45, 2.75) is 31.8 Å². The fraction of sp³-hybridized carbons (Fsp3) is 0.438. The number of nitrogens with zero attached hydrogens (tertiary/aromatic N) is 1. The maximum absolute atomic E-state index is 9.23. The van der Waals surface area contributed by atoms with E-state index in [0.29, 0.717) is 6.42 Å². The summed E-state index contributed by atoms with van der Waals surface area (Å²) in [4.78, 5) is 1.05. The first-order chi connectivity index (χ1) is 10.7. The predicted molar refractivity (Wildman–Crippen MR) is 88.4 cm³/mol. The Kier molecular flexibility index (Phi) is 6.64. The van der Waals surface area contributed by atoms with Gasteiger partial charge in [0.25, 0.3) is 0 Å². The van der Waals surface area contributed by atoms with Crippen molar-refractivity contribution in [3.8, 4) is 10.6 Å². The van der Waals surface area contributed by atoms with Gasteiger partial charge in [0.1, 0.15) is 5.69 Å². The van der Waals surface area contributed by atoms with Crippen molar-refractivity contribution in [3.63, 3.8) is 0 Å². The van der Waals surface area contributed by atoms with E-state index in [-0.39, 0.29) is 6.61 Å². The monoisotopic (exact) mass is 322 g/mol. The number of aliphatic hydroxyl groups excluding tert-OH is 2. The van der Waals surface area contributed by atoms with Gasteiger partial charge in [0.2, 0.25) is 0 Å². The highest BCUT2D eigenvalue weighted by Gasteiger charge is 2.09. The molecule has 0 radical (unpaired) electrons. The van der Waals surface area contributed by atoms with Gasteiger partial charge in [-0.2, -0.15) is 0 Å². The average Bonchev–Trinajstić information content (AvgIpc) is 3.20. The third-order valence-corrected chi connectivity index (χ3v) is 4.23. The number of thiophene rings is 1. The Bertz CT molecular complexity index is 566. The van der Waals surface area contributed by atoms with E-state index < -0.39 is 6.10 Å². The highest BCUT2D eigenvalue weighted by molar-refractivity contribution is 7.13. The summed E-state index contributed by atoms with van der Waals surface area (Å²) in [6.07, 6.45) is 2.94. The molecule has 1 unspecified atom stereocenters. The van der Waals surface area contributed by atoms with E-state index in [9.17, 15) is 5.11 Å². The number of aliphatic hydroxyl groups is 2. The van der Waals surface area contributed by atoms with Crippen molar-refractivity contribution in [3.05, 3.63) is 35.9 Å². The molecular formula is C16H22N2O3S. The van der Waals surface area contributed by atoms with Gasteiger partial charge in [0.15, 0.2) is 5.76 Å². The van der Waals surface area contributed by atoms with Crippen LogP contribution in [-0.2, 0) is 0 Å². The minimum Gasteiger partial charge on any atom is -0.394 e. The van der Waals surface area contributed by atoms with Crippen LogP contribution in [0.25, 0.3) is 16.3 Å². The lowest BCUT2D eigenvalue weighted by molar-refractivity contribution is 0.0860. The molecule has 0 bridgehead atoms. The lowest BCUT2D eigenvalue weighted by Gasteiger charge is -2.08. The van der Waals surface area contributed by atoms with Gasteiger partial charge < -0.3 is 20.1 Å². The maximum atomic E-state index is 9.23. The molecule has 0 aliphatic heterocycles. The Labute approximate surface area is 134 Å². The summed E-state index contributed by atoms with van der Waals surface area (Å²) in [6, 6.07) is 5.85. The zero-order valence-corrected chi connectivity index (χ0v) is 13.3. The molecule has 120 valence electrons. The lowest BCUT2D eigenvalue weighted by atomic mass is 10.1. The first-order valence-electron chi connectivity index (χ1n) is 7.43. The molecule has 0 amide bonds.